The fourth-order valence-electron chi connectivity index (χ4n) is 11.9. The minimum atomic E-state index is -0.505. The van der Waals surface area contributed by atoms with Crippen LogP contribution in [0.2, 0.25) is 0 Å². The van der Waals surface area contributed by atoms with Crippen molar-refractivity contribution in [3.05, 3.63) is 253 Å². The van der Waals surface area contributed by atoms with Crippen LogP contribution in [0.15, 0.2) is 231 Å². The molecule has 2 aliphatic rings. The molecule has 0 nitrogen and oxygen atoms in total. The van der Waals surface area contributed by atoms with Crippen molar-refractivity contribution in [1.29, 1.82) is 0 Å². The van der Waals surface area contributed by atoms with Gasteiger partial charge < -0.3 is 0 Å². The predicted octanol–water partition coefficient (Wildman–Crippen LogP) is 16.8. The molecule has 0 heteroatoms. The first kappa shape index (κ1) is 34.6. The molecule has 0 atom stereocenters. The molecule has 12 aromatic rings. The molecule has 0 aliphatic heterocycles. The van der Waals surface area contributed by atoms with Crippen LogP contribution < -0.4 is 0 Å². The smallest absolute Gasteiger partial charge is 0.0622 e. The summed E-state index contributed by atoms with van der Waals surface area (Å²) in [5.74, 6) is 0. The summed E-state index contributed by atoms with van der Waals surface area (Å²) in [6.45, 7) is 0. The zero-order chi connectivity index (χ0) is 41.2. The van der Waals surface area contributed by atoms with E-state index in [1.165, 1.54) is 132 Å². The second-order valence-electron chi connectivity index (χ2n) is 17.4. The Hall–Kier alpha value is -8.06. The fourth-order valence-corrected chi connectivity index (χ4v) is 11.9. The van der Waals surface area contributed by atoms with Crippen molar-refractivity contribution in [1.82, 2.24) is 0 Å². The monoisotopic (exact) mass is 794 g/mol. The molecule has 0 saturated carbocycles. The Bertz CT molecular complexity index is 3800. The summed E-state index contributed by atoms with van der Waals surface area (Å²) in [4.78, 5) is 0. The molecule has 0 N–H and O–H groups in total. The van der Waals surface area contributed by atoms with Crippen LogP contribution in [0.5, 0.6) is 0 Å². The summed E-state index contributed by atoms with van der Waals surface area (Å²) in [5, 5.41) is 12.7. The van der Waals surface area contributed by atoms with Crippen LogP contribution in [-0.2, 0) is 5.41 Å². The van der Waals surface area contributed by atoms with Gasteiger partial charge >= 0.3 is 0 Å². The minimum Gasteiger partial charge on any atom is -0.0622 e. The summed E-state index contributed by atoms with van der Waals surface area (Å²) in [6, 6.07) is 86.7. The van der Waals surface area contributed by atoms with Gasteiger partial charge in [-0.2, -0.15) is 0 Å². The topological polar surface area (TPSA) is 0 Å². The number of benzene rings is 12. The van der Waals surface area contributed by atoms with Gasteiger partial charge in [-0.1, -0.05) is 212 Å². The number of rotatable bonds is 3. The molecule has 0 unspecified atom stereocenters. The van der Waals surface area contributed by atoms with E-state index in [0.29, 0.717) is 0 Å². The third-order valence-corrected chi connectivity index (χ3v) is 14.4. The average Bonchev–Trinajstić information content (AvgIpc) is 3.83. The van der Waals surface area contributed by atoms with Crippen molar-refractivity contribution < 1.29 is 0 Å². The van der Waals surface area contributed by atoms with Gasteiger partial charge in [0.15, 0.2) is 0 Å². The van der Waals surface area contributed by atoms with E-state index >= 15 is 0 Å². The third-order valence-electron chi connectivity index (χ3n) is 14.4. The van der Waals surface area contributed by atoms with Crippen molar-refractivity contribution in [2.45, 2.75) is 5.41 Å². The Morgan fingerprint density at radius 1 is 0.222 bits per heavy atom. The van der Waals surface area contributed by atoms with E-state index in [1.807, 2.05) is 0 Å². The highest BCUT2D eigenvalue weighted by atomic mass is 14.5. The highest BCUT2D eigenvalue weighted by Crippen LogP contribution is 2.66. The van der Waals surface area contributed by atoms with E-state index < -0.39 is 5.41 Å². The molecule has 0 amide bonds. The Labute approximate surface area is 366 Å². The third kappa shape index (κ3) is 4.65. The molecule has 0 radical (unpaired) electrons. The maximum Gasteiger partial charge on any atom is 0.0731 e. The number of hydrogen-bond acceptors (Lipinski definition) is 0. The second-order valence-corrected chi connectivity index (χ2v) is 17.4. The largest absolute Gasteiger partial charge is 0.0731 e. The van der Waals surface area contributed by atoms with Crippen molar-refractivity contribution in [3.63, 3.8) is 0 Å². The normalized spacial score (nSPS) is 13.2. The molecule has 14 rings (SSSR count). The van der Waals surface area contributed by atoms with Gasteiger partial charge in [0.2, 0.25) is 0 Å². The molecule has 0 saturated heterocycles. The zero-order valence-corrected chi connectivity index (χ0v) is 34.4. The summed E-state index contributed by atoms with van der Waals surface area (Å²) in [7, 11) is 0. The molecule has 0 bridgehead atoms. The van der Waals surface area contributed by atoms with Gasteiger partial charge in [0.1, 0.15) is 0 Å². The molecule has 2 aliphatic carbocycles. The summed E-state index contributed by atoms with van der Waals surface area (Å²) < 4.78 is 0. The van der Waals surface area contributed by atoms with E-state index in [-0.39, 0.29) is 0 Å². The summed E-state index contributed by atoms with van der Waals surface area (Å²) in [5.41, 5.74) is 17.8. The van der Waals surface area contributed by atoms with Gasteiger partial charge in [-0.05, 0) is 150 Å². The Kier molecular flexibility index (Phi) is 7.13. The van der Waals surface area contributed by atoms with Crippen molar-refractivity contribution in [2.24, 2.45) is 0 Å². The first-order valence-corrected chi connectivity index (χ1v) is 22.1. The highest BCUT2D eigenvalue weighted by molar-refractivity contribution is 6.25. The molecule has 290 valence electrons. The standard InChI is InChI=1S/C63H38/c1-2-16-39(17-3-1)41-30-31-43-37-44(33-32-42(43)36-41)59-50-24-8-10-26-52(50)60(53-27-11-9-25-51(53)59)55-38-58-61(49-23-7-6-20-46(49)55)54-35-34-40-18-4-5-19-45(40)62(54)63(58)56-28-14-12-21-47(56)48-22-13-15-29-57(48)63/h1-38H. The quantitative estimate of drug-likeness (QED) is 0.156. The first-order valence-electron chi connectivity index (χ1n) is 22.1. The van der Waals surface area contributed by atoms with Crippen molar-refractivity contribution in [3.8, 4) is 55.6 Å². The molecule has 0 heterocycles. The molecule has 0 aromatic heterocycles. The van der Waals surface area contributed by atoms with Crippen LogP contribution in [0.25, 0.3) is 109 Å². The lowest BCUT2D eigenvalue weighted by molar-refractivity contribution is 0.802. The Morgan fingerprint density at radius 2 is 0.698 bits per heavy atom. The highest BCUT2D eigenvalue weighted by Gasteiger charge is 2.53. The van der Waals surface area contributed by atoms with E-state index in [9.17, 15) is 0 Å². The molecule has 63 heavy (non-hydrogen) atoms. The van der Waals surface area contributed by atoms with Crippen LogP contribution in [0.3, 0.4) is 0 Å². The lowest BCUT2D eigenvalue weighted by Crippen LogP contribution is -2.26. The van der Waals surface area contributed by atoms with Gasteiger partial charge in [-0.3, -0.25) is 0 Å². The van der Waals surface area contributed by atoms with Crippen molar-refractivity contribution in [2.75, 3.05) is 0 Å². The van der Waals surface area contributed by atoms with Crippen LogP contribution in [0.1, 0.15) is 22.3 Å². The molecular formula is C63H38. The second kappa shape index (κ2) is 13.0. The van der Waals surface area contributed by atoms with Crippen LogP contribution in [-0.4, -0.2) is 0 Å². The zero-order valence-electron chi connectivity index (χ0n) is 34.4. The average molecular weight is 795 g/mol. The molecule has 12 aromatic carbocycles. The summed E-state index contributed by atoms with van der Waals surface area (Å²) >= 11 is 0. The lowest BCUT2D eigenvalue weighted by Gasteiger charge is -2.32. The van der Waals surface area contributed by atoms with Gasteiger partial charge in [0.05, 0.1) is 5.41 Å². The van der Waals surface area contributed by atoms with Gasteiger partial charge in [0, 0.05) is 0 Å². The number of hydrogen-bond donors (Lipinski definition) is 0. The lowest BCUT2D eigenvalue weighted by atomic mass is 9.68. The van der Waals surface area contributed by atoms with Crippen LogP contribution in [0, 0.1) is 0 Å². The first-order chi connectivity index (χ1) is 31.3. The molecule has 1 spiro atoms. The van der Waals surface area contributed by atoms with Crippen molar-refractivity contribution >= 4 is 53.9 Å². The van der Waals surface area contributed by atoms with Gasteiger partial charge in [0.25, 0.3) is 0 Å². The van der Waals surface area contributed by atoms with Gasteiger partial charge in [-0.25, -0.2) is 0 Å². The maximum absolute atomic E-state index is 2.61. The predicted molar refractivity (Wildman–Crippen MR) is 267 cm³/mol. The molecular weight excluding hydrogens is 757 g/mol. The molecule has 0 fully saturated rings. The number of fused-ring (bicyclic) bond motifs is 17. The van der Waals surface area contributed by atoms with E-state index in [4.69, 9.17) is 0 Å². The van der Waals surface area contributed by atoms with E-state index in [1.54, 1.807) is 0 Å². The van der Waals surface area contributed by atoms with E-state index in [2.05, 4.69) is 231 Å². The Balaban J connectivity index is 1.09. The SMILES string of the molecule is c1ccc(-c2ccc3cc(-c4c5ccccc5c(-c5cc6c(c7ccccc57)-c5ccc7ccccc7c5C65c6ccccc6-c6ccccc65)c5ccccc45)ccc3c2)cc1. The maximum atomic E-state index is 2.61. The fraction of sp³-hybridized carbons (Fsp3) is 0.0159. The Morgan fingerprint density at radius 3 is 1.35 bits per heavy atom. The van der Waals surface area contributed by atoms with Crippen LogP contribution in [0.4, 0.5) is 0 Å². The summed E-state index contributed by atoms with van der Waals surface area (Å²) in [6.07, 6.45) is 0. The van der Waals surface area contributed by atoms with Gasteiger partial charge in [-0.15, -0.1) is 0 Å². The van der Waals surface area contributed by atoms with Crippen LogP contribution >= 0.6 is 0 Å². The van der Waals surface area contributed by atoms with E-state index in [0.717, 1.165) is 0 Å². The minimum absolute atomic E-state index is 0.505.